The Bertz CT molecular complexity index is 301. The fourth-order valence-corrected chi connectivity index (χ4v) is 0.704. The lowest BCUT2D eigenvalue weighted by Gasteiger charge is -1.96. The Morgan fingerprint density at radius 1 is 1.45 bits per heavy atom. The molecule has 0 aromatic carbocycles. The van der Waals surface area contributed by atoms with Crippen LogP contribution in [0.3, 0.4) is 0 Å². The highest BCUT2D eigenvalue weighted by Crippen LogP contribution is 2.13. The number of pyridine rings is 1. The van der Waals surface area contributed by atoms with Crippen LogP contribution in [0.25, 0.3) is 0 Å². The van der Waals surface area contributed by atoms with E-state index < -0.39 is 16.8 Å². The minimum atomic E-state index is -0.922. The average molecular weight is 177 g/mol. The molecule has 0 unspecified atom stereocenters. The van der Waals surface area contributed by atoms with Crippen molar-refractivity contribution in [3.63, 3.8) is 0 Å². The lowest BCUT2D eigenvalue weighted by molar-refractivity contribution is 0.572. The summed E-state index contributed by atoms with van der Waals surface area (Å²) in [5.74, 6) is -1.81. The lowest BCUT2D eigenvalue weighted by Crippen LogP contribution is -1.95. The maximum Gasteiger partial charge on any atom is 0.165 e. The first-order valence-corrected chi connectivity index (χ1v) is 3.05. The standard InChI is InChI=1S/C6H3ClF2N2/c7-6-4(9)1-3(8)5(2-10)11-6/h1-2,10H. The summed E-state index contributed by atoms with van der Waals surface area (Å²) in [5.41, 5.74) is -0.267. The summed E-state index contributed by atoms with van der Waals surface area (Å²) in [6, 6.07) is 0.593. The zero-order valence-electron chi connectivity index (χ0n) is 5.24. The van der Waals surface area contributed by atoms with Crippen molar-refractivity contribution in [1.82, 2.24) is 4.98 Å². The first-order chi connectivity index (χ1) is 5.15. The summed E-state index contributed by atoms with van der Waals surface area (Å²) in [6.07, 6.45) is 0.667. The lowest BCUT2D eigenvalue weighted by atomic mass is 10.3. The number of halogens is 3. The molecule has 0 atom stereocenters. The van der Waals surface area contributed by atoms with Gasteiger partial charge in [-0.2, -0.15) is 0 Å². The van der Waals surface area contributed by atoms with Gasteiger partial charge >= 0.3 is 0 Å². The number of aromatic nitrogens is 1. The molecule has 0 aliphatic heterocycles. The fraction of sp³-hybridized carbons (Fsp3) is 0. The van der Waals surface area contributed by atoms with Gasteiger partial charge in [0.1, 0.15) is 5.69 Å². The number of nitrogens with zero attached hydrogens (tertiary/aromatic N) is 1. The molecule has 0 radical (unpaired) electrons. The van der Waals surface area contributed by atoms with Gasteiger partial charge in [0.25, 0.3) is 0 Å². The Balaban J connectivity index is 3.31. The topological polar surface area (TPSA) is 36.7 Å². The summed E-state index contributed by atoms with van der Waals surface area (Å²) in [5, 5.41) is 6.22. The van der Waals surface area contributed by atoms with Crippen LogP contribution >= 0.6 is 11.6 Å². The molecule has 0 spiro atoms. The molecule has 2 nitrogen and oxygen atoms in total. The SMILES string of the molecule is N=Cc1nc(Cl)c(F)cc1F. The summed E-state index contributed by atoms with van der Waals surface area (Å²) in [4.78, 5) is 3.26. The Labute approximate surface area is 66.3 Å². The van der Waals surface area contributed by atoms with Crippen LogP contribution in [0, 0.1) is 17.0 Å². The molecule has 1 heterocycles. The summed E-state index contributed by atoms with van der Waals surface area (Å²) in [6.45, 7) is 0. The molecule has 0 aliphatic carbocycles. The van der Waals surface area contributed by atoms with Crippen molar-refractivity contribution < 1.29 is 8.78 Å². The third-order valence-electron chi connectivity index (χ3n) is 1.05. The maximum atomic E-state index is 12.5. The molecule has 5 heteroatoms. The largest absolute Gasteiger partial charge is 0.306 e. The van der Waals surface area contributed by atoms with Crippen molar-refractivity contribution in [1.29, 1.82) is 5.41 Å². The van der Waals surface area contributed by atoms with E-state index in [9.17, 15) is 8.78 Å². The molecule has 1 aromatic heterocycles. The van der Waals surface area contributed by atoms with E-state index in [0.717, 1.165) is 0 Å². The van der Waals surface area contributed by atoms with Crippen molar-refractivity contribution in [2.75, 3.05) is 0 Å². The average Bonchev–Trinajstić information content (AvgIpc) is 1.97. The van der Waals surface area contributed by atoms with Crippen LogP contribution in [0.2, 0.25) is 5.15 Å². The van der Waals surface area contributed by atoms with Crippen LogP contribution in [0.4, 0.5) is 8.78 Å². The van der Waals surface area contributed by atoms with Crippen molar-refractivity contribution in [3.05, 3.63) is 28.5 Å². The van der Waals surface area contributed by atoms with Gasteiger partial charge < -0.3 is 5.41 Å². The minimum absolute atomic E-state index is 0.267. The molecular weight excluding hydrogens is 174 g/mol. The van der Waals surface area contributed by atoms with Gasteiger partial charge in [-0.3, -0.25) is 0 Å². The molecule has 58 valence electrons. The normalized spacial score (nSPS) is 9.73. The summed E-state index contributed by atoms with van der Waals surface area (Å²) in [7, 11) is 0. The van der Waals surface area contributed by atoms with Gasteiger partial charge in [0.15, 0.2) is 16.8 Å². The van der Waals surface area contributed by atoms with Crippen molar-refractivity contribution in [3.8, 4) is 0 Å². The second-order valence-corrected chi connectivity index (χ2v) is 2.13. The van der Waals surface area contributed by atoms with Gasteiger partial charge in [-0.1, -0.05) is 11.6 Å². The number of hydrogen-bond donors (Lipinski definition) is 1. The zero-order valence-corrected chi connectivity index (χ0v) is 5.99. The molecule has 1 aromatic rings. The molecule has 1 rings (SSSR count). The third-order valence-corrected chi connectivity index (χ3v) is 1.32. The van der Waals surface area contributed by atoms with Gasteiger partial charge in [0.05, 0.1) is 0 Å². The van der Waals surface area contributed by atoms with Gasteiger partial charge in [0, 0.05) is 12.3 Å². The highest BCUT2D eigenvalue weighted by Gasteiger charge is 2.07. The molecule has 0 saturated carbocycles. The molecule has 0 amide bonds. The van der Waals surface area contributed by atoms with Gasteiger partial charge in [-0.25, -0.2) is 13.8 Å². The molecule has 1 N–H and O–H groups in total. The maximum absolute atomic E-state index is 12.5. The minimum Gasteiger partial charge on any atom is -0.306 e. The summed E-state index contributed by atoms with van der Waals surface area (Å²) >= 11 is 5.21. The van der Waals surface area contributed by atoms with E-state index in [4.69, 9.17) is 17.0 Å². The Kier molecular flexibility index (Phi) is 2.14. The first-order valence-electron chi connectivity index (χ1n) is 2.67. The van der Waals surface area contributed by atoms with E-state index in [0.29, 0.717) is 12.3 Å². The van der Waals surface area contributed by atoms with E-state index in [2.05, 4.69) is 4.98 Å². The Morgan fingerprint density at radius 3 is 2.64 bits per heavy atom. The zero-order chi connectivity index (χ0) is 8.43. The highest BCUT2D eigenvalue weighted by molar-refractivity contribution is 6.29. The molecule has 0 bridgehead atoms. The van der Waals surface area contributed by atoms with Gasteiger partial charge in [-0.15, -0.1) is 0 Å². The van der Waals surface area contributed by atoms with Crippen LogP contribution < -0.4 is 0 Å². The third kappa shape index (κ3) is 1.51. The molecule has 0 saturated heterocycles. The van der Waals surface area contributed by atoms with Crippen LogP contribution in [-0.4, -0.2) is 11.2 Å². The molecule has 0 aliphatic rings. The molecular formula is C6H3ClF2N2. The van der Waals surface area contributed by atoms with Gasteiger partial charge in [-0.05, 0) is 0 Å². The van der Waals surface area contributed by atoms with Gasteiger partial charge in [0.2, 0.25) is 0 Å². The van der Waals surface area contributed by atoms with Crippen molar-refractivity contribution in [2.45, 2.75) is 0 Å². The first kappa shape index (κ1) is 8.07. The van der Waals surface area contributed by atoms with Crippen LogP contribution in [0.5, 0.6) is 0 Å². The molecule has 11 heavy (non-hydrogen) atoms. The number of rotatable bonds is 1. The quantitative estimate of drug-likeness (QED) is 0.516. The smallest absolute Gasteiger partial charge is 0.165 e. The van der Waals surface area contributed by atoms with Crippen LogP contribution in [0.1, 0.15) is 5.69 Å². The van der Waals surface area contributed by atoms with E-state index in [-0.39, 0.29) is 5.69 Å². The van der Waals surface area contributed by atoms with Crippen LogP contribution in [0.15, 0.2) is 6.07 Å². The van der Waals surface area contributed by atoms with Crippen molar-refractivity contribution in [2.24, 2.45) is 0 Å². The Morgan fingerprint density at radius 2 is 2.09 bits per heavy atom. The predicted molar refractivity (Wildman–Crippen MR) is 37.0 cm³/mol. The van der Waals surface area contributed by atoms with E-state index in [1.807, 2.05) is 0 Å². The second-order valence-electron chi connectivity index (χ2n) is 1.77. The predicted octanol–water partition coefficient (Wildman–Crippen LogP) is 2.01. The van der Waals surface area contributed by atoms with E-state index in [1.165, 1.54) is 0 Å². The van der Waals surface area contributed by atoms with Crippen LogP contribution in [-0.2, 0) is 0 Å². The van der Waals surface area contributed by atoms with E-state index in [1.54, 1.807) is 0 Å². The number of nitrogens with one attached hydrogen (secondary N) is 1. The second kappa shape index (κ2) is 2.92. The number of hydrogen-bond acceptors (Lipinski definition) is 2. The highest BCUT2D eigenvalue weighted by atomic mass is 35.5. The molecule has 0 fully saturated rings. The Hall–Kier alpha value is -1.03. The monoisotopic (exact) mass is 176 g/mol. The van der Waals surface area contributed by atoms with E-state index >= 15 is 0 Å². The fourth-order valence-electron chi connectivity index (χ4n) is 0.559. The summed E-state index contributed by atoms with van der Waals surface area (Å²) < 4.78 is 24.9. The van der Waals surface area contributed by atoms with Crippen molar-refractivity contribution >= 4 is 17.8 Å².